The topological polar surface area (TPSA) is 9.23 Å². The molecule has 0 aliphatic rings. The zero-order valence-corrected chi connectivity index (χ0v) is 6.98. The van der Waals surface area contributed by atoms with Crippen LogP contribution in [0.3, 0.4) is 0 Å². The van der Waals surface area contributed by atoms with E-state index in [4.69, 9.17) is 12.8 Å². The van der Waals surface area contributed by atoms with Crippen molar-refractivity contribution in [2.75, 3.05) is 13.2 Å². The summed E-state index contributed by atoms with van der Waals surface area (Å²) in [5.74, 6) is 4.57. The van der Waals surface area contributed by atoms with Crippen LogP contribution >= 0.6 is 0 Å². The average molecular weight is 117 g/mol. The van der Waals surface area contributed by atoms with Gasteiger partial charge in [-0.1, -0.05) is 11.8 Å². The molecule has 0 rings (SSSR count). The van der Waals surface area contributed by atoms with E-state index in [0.29, 0.717) is 13.2 Å². The molecular weight excluding hydrogens is 111 g/mol. The first-order valence-electron chi connectivity index (χ1n) is 1.86. The van der Waals surface area contributed by atoms with E-state index in [9.17, 15) is 0 Å². The van der Waals surface area contributed by atoms with Gasteiger partial charge < -0.3 is 4.74 Å². The molecule has 8 heavy (non-hydrogen) atoms. The third-order valence-corrected chi connectivity index (χ3v) is 0.371. The van der Waals surface area contributed by atoms with Gasteiger partial charge in [-0.05, 0) is 0 Å². The van der Waals surface area contributed by atoms with E-state index < -0.39 is 0 Å². The van der Waals surface area contributed by atoms with Crippen LogP contribution in [0.1, 0.15) is 0 Å². The minimum atomic E-state index is 0. The van der Waals surface area contributed by atoms with Crippen LogP contribution in [0.15, 0.2) is 0 Å². The van der Waals surface area contributed by atoms with E-state index in [1.54, 1.807) is 0 Å². The van der Waals surface area contributed by atoms with E-state index in [-0.39, 0.29) is 29.6 Å². The maximum absolute atomic E-state index is 4.83. The number of rotatable bonds is 2. The molecule has 0 atom stereocenters. The van der Waals surface area contributed by atoms with Gasteiger partial charge in [-0.3, -0.25) is 0 Å². The fraction of sp³-hybridized carbons (Fsp3) is 0.333. The molecule has 1 nitrogen and oxygen atoms in total. The quantitative estimate of drug-likeness (QED) is 0.278. The molecule has 0 unspecified atom stereocenters. The van der Waals surface area contributed by atoms with Crippen LogP contribution in [-0.2, 0) is 4.74 Å². The van der Waals surface area contributed by atoms with E-state index >= 15 is 0 Å². The number of hydrogen-bond donors (Lipinski definition) is 0. The van der Waals surface area contributed by atoms with Crippen LogP contribution in [-0.4, -0.2) is 42.8 Å². The van der Waals surface area contributed by atoms with Gasteiger partial charge in [-0.2, -0.15) is 0 Å². The van der Waals surface area contributed by atoms with Gasteiger partial charge in [0.1, 0.15) is 13.2 Å². The third kappa shape index (κ3) is 9.43. The van der Waals surface area contributed by atoms with E-state index in [1.807, 2.05) is 0 Å². The van der Waals surface area contributed by atoms with Crippen LogP contribution in [0.5, 0.6) is 0 Å². The molecule has 0 spiro atoms. The van der Waals surface area contributed by atoms with Crippen molar-refractivity contribution >= 4 is 29.6 Å². The van der Waals surface area contributed by atoms with E-state index in [2.05, 4.69) is 16.6 Å². The van der Waals surface area contributed by atoms with Gasteiger partial charge in [0.2, 0.25) is 0 Å². The molecule has 0 aliphatic heterocycles. The standard InChI is InChI=1S/C6H6O.Na/c1-3-5-7-6-4-2;/h1-2H,5-6H2;. The van der Waals surface area contributed by atoms with Crippen LogP contribution in [0.4, 0.5) is 0 Å². The molecule has 0 amide bonds. The third-order valence-electron chi connectivity index (χ3n) is 0.371. The summed E-state index contributed by atoms with van der Waals surface area (Å²) in [7, 11) is 0. The summed E-state index contributed by atoms with van der Waals surface area (Å²) in [6.45, 7) is 0.619. The molecule has 0 aromatic heterocycles. The summed E-state index contributed by atoms with van der Waals surface area (Å²) in [4.78, 5) is 0. The monoisotopic (exact) mass is 117 g/mol. The smallest absolute Gasteiger partial charge is 0.108 e. The number of hydrogen-bond acceptors (Lipinski definition) is 1. The molecule has 0 aromatic rings. The SMILES string of the molecule is C#CCOCC#C.[Na]. The summed E-state index contributed by atoms with van der Waals surface area (Å²) in [6, 6.07) is 0. The molecule has 0 fully saturated rings. The zero-order chi connectivity index (χ0) is 5.54. The molecule has 1 radical (unpaired) electrons. The van der Waals surface area contributed by atoms with Crippen LogP contribution in [0.2, 0.25) is 0 Å². The van der Waals surface area contributed by atoms with Gasteiger partial charge in [0.15, 0.2) is 0 Å². The van der Waals surface area contributed by atoms with Crippen molar-refractivity contribution in [2.24, 2.45) is 0 Å². The van der Waals surface area contributed by atoms with Crippen molar-refractivity contribution in [2.45, 2.75) is 0 Å². The maximum Gasteiger partial charge on any atom is 0.108 e. The summed E-state index contributed by atoms with van der Waals surface area (Å²) in [6.07, 6.45) is 9.65. The second-order valence-corrected chi connectivity index (χ2v) is 0.901. The molecule has 0 saturated carbocycles. The second-order valence-electron chi connectivity index (χ2n) is 0.901. The largest absolute Gasteiger partial charge is 0.356 e. The maximum atomic E-state index is 4.83. The fourth-order valence-corrected chi connectivity index (χ4v) is 0.169. The van der Waals surface area contributed by atoms with Crippen molar-refractivity contribution in [3.05, 3.63) is 0 Å². The summed E-state index contributed by atoms with van der Waals surface area (Å²) >= 11 is 0. The second kappa shape index (κ2) is 10.1. The Labute approximate surface area is 72.1 Å². The minimum absolute atomic E-state index is 0. The Hall–Kier alpha value is 0.0800. The van der Waals surface area contributed by atoms with E-state index in [1.165, 1.54) is 0 Å². The van der Waals surface area contributed by atoms with Gasteiger partial charge in [-0.25, -0.2) is 0 Å². The normalized spacial score (nSPS) is 5.75. The van der Waals surface area contributed by atoms with Gasteiger partial charge in [0, 0.05) is 29.6 Å². The first kappa shape index (κ1) is 11.0. The predicted octanol–water partition coefficient (Wildman–Crippen LogP) is -0.111. The predicted molar refractivity (Wildman–Crippen MR) is 34.2 cm³/mol. The first-order chi connectivity index (χ1) is 3.41. The van der Waals surface area contributed by atoms with Crippen molar-refractivity contribution in [3.8, 4) is 24.7 Å². The Bertz CT molecular complexity index is 92.7. The van der Waals surface area contributed by atoms with Gasteiger partial charge in [0.05, 0.1) is 0 Å². The Balaban J connectivity index is 0. The molecule has 0 saturated heterocycles. The molecule has 37 valence electrons. The Morgan fingerprint density at radius 2 is 1.50 bits per heavy atom. The Morgan fingerprint density at radius 1 is 1.12 bits per heavy atom. The Kier molecular flexibility index (Phi) is 13.9. The van der Waals surface area contributed by atoms with Gasteiger partial charge >= 0.3 is 0 Å². The first-order valence-corrected chi connectivity index (χ1v) is 1.86. The molecular formula is C6H6NaO. The van der Waals surface area contributed by atoms with Gasteiger partial charge in [0.25, 0.3) is 0 Å². The molecule has 0 aliphatic carbocycles. The molecule has 0 bridgehead atoms. The molecule has 0 aromatic carbocycles. The van der Waals surface area contributed by atoms with Crippen LogP contribution in [0, 0.1) is 24.7 Å². The number of ether oxygens (including phenoxy) is 1. The molecule has 0 heterocycles. The van der Waals surface area contributed by atoms with Crippen LogP contribution < -0.4 is 0 Å². The molecule has 2 heteroatoms. The fourth-order valence-electron chi connectivity index (χ4n) is 0.169. The Morgan fingerprint density at radius 3 is 1.75 bits per heavy atom. The molecule has 0 N–H and O–H groups in total. The van der Waals surface area contributed by atoms with Crippen LogP contribution in [0.25, 0.3) is 0 Å². The minimum Gasteiger partial charge on any atom is -0.356 e. The van der Waals surface area contributed by atoms with Crippen molar-refractivity contribution in [3.63, 3.8) is 0 Å². The van der Waals surface area contributed by atoms with Gasteiger partial charge in [-0.15, -0.1) is 12.8 Å². The summed E-state index contributed by atoms with van der Waals surface area (Å²) in [5.41, 5.74) is 0. The van der Waals surface area contributed by atoms with Crippen molar-refractivity contribution < 1.29 is 4.74 Å². The zero-order valence-electron chi connectivity index (χ0n) is 4.98. The average Bonchev–Trinajstić information content (AvgIpc) is 1.69. The number of terminal acetylenes is 2. The van der Waals surface area contributed by atoms with Crippen molar-refractivity contribution in [1.29, 1.82) is 0 Å². The summed E-state index contributed by atoms with van der Waals surface area (Å²) in [5, 5.41) is 0. The van der Waals surface area contributed by atoms with E-state index in [0.717, 1.165) is 0 Å². The van der Waals surface area contributed by atoms with Crippen molar-refractivity contribution in [1.82, 2.24) is 0 Å². The summed E-state index contributed by atoms with van der Waals surface area (Å²) < 4.78 is 4.66.